The van der Waals surface area contributed by atoms with Gasteiger partial charge >= 0.3 is 0 Å². The number of hydrogen-bond acceptors (Lipinski definition) is 3. The summed E-state index contributed by atoms with van der Waals surface area (Å²) in [6.07, 6.45) is 14.5. The second-order valence-corrected chi connectivity index (χ2v) is 13.3. The molecule has 0 aliphatic carbocycles. The minimum atomic E-state index is 0. The van der Waals surface area contributed by atoms with Crippen LogP contribution in [0, 0.1) is 0 Å². The molecular weight excluding hydrogens is 546 g/mol. The maximum atomic E-state index is 5.40. The predicted molar refractivity (Wildman–Crippen MR) is 194 cm³/mol. The molecular formula is C37H79N5O2+2. The molecule has 0 amide bonds. The predicted octanol–water partition coefficient (Wildman–Crippen LogP) is 8.62. The van der Waals surface area contributed by atoms with E-state index < -0.39 is 0 Å². The lowest BCUT2D eigenvalue weighted by Crippen LogP contribution is -2.55. The molecule has 1 saturated heterocycles. The topological polar surface area (TPSA) is 38.8 Å². The summed E-state index contributed by atoms with van der Waals surface area (Å²) < 4.78 is 9.68. The van der Waals surface area contributed by atoms with Crippen molar-refractivity contribution >= 4 is 6.21 Å². The van der Waals surface area contributed by atoms with Crippen LogP contribution in [0.2, 0.25) is 0 Å². The van der Waals surface area contributed by atoms with Crippen LogP contribution in [-0.2, 0) is 9.57 Å². The third-order valence-corrected chi connectivity index (χ3v) is 8.67. The SMILES string of the molecule is C.C=C1C=[N+](CCCC)[N-]O1.CCC1=C(CC)CN(C)CC1.CCCC[N+](C)(C)CCC.CCC[N+]1(CCC)CCOCC1. The van der Waals surface area contributed by atoms with Crippen molar-refractivity contribution in [1.29, 1.82) is 0 Å². The smallest absolute Gasteiger partial charge is 0.202 e. The van der Waals surface area contributed by atoms with Crippen molar-refractivity contribution in [3.63, 3.8) is 0 Å². The highest BCUT2D eigenvalue weighted by Gasteiger charge is 2.28. The van der Waals surface area contributed by atoms with Crippen LogP contribution in [0.4, 0.5) is 0 Å². The van der Waals surface area contributed by atoms with E-state index in [0.29, 0.717) is 5.76 Å². The quantitative estimate of drug-likeness (QED) is 0.110. The van der Waals surface area contributed by atoms with Crippen molar-refractivity contribution in [3.8, 4) is 0 Å². The fourth-order valence-electron chi connectivity index (χ4n) is 6.09. The van der Waals surface area contributed by atoms with E-state index in [9.17, 15) is 0 Å². The summed E-state index contributed by atoms with van der Waals surface area (Å²) in [7, 11) is 6.85. The van der Waals surface area contributed by atoms with Gasteiger partial charge < -0.3 is 23.4 Å². The number of nitrogens with zero attached hydrogens (tertiary/aromatic N) is 5. The fourth-order valence-corrected chi connectivity index (χ4v) is 6.09. The molecule has 7 nitrogen and oxygen atoms in total. The largest absolute Gasteiger partial charge is 0.501 e. The normalized spacial score (nSPS) is 17.8. The fraction of sp³-hybridized carbons (Fsp3) is 0.865. The van der Waals surface area contributed by atoms with Crippen LogP contribution in [0.1, 0.15) is 120 Å². The van der Waals surface area contributed by atoms with E-state index >= 15 is 0 Å². The summed E-state index contributed by atoms with van der Waals surface area (Å²) >= 11 is 0. The van der Waals surface area contributed by atoms with E-state index in [-0.39, 0.29) is 7.43 Å². The van der Waals surface area contributed by atoms with Crippen molar-refractivity contribution in [2.24, 2.45) is 0 Å². The molecule has 0 unspecified atom stereocenters. The molecule has 0 atom stereocenters. The third kappa shape index (κ3) is 20.6. The van der Waals surface area contributed by atoms with Crippen molar-refractivity contribution < 1.29 is 23.2 Å². The summed E-state index contributed by atoms with van der Waals surface area (Å²) in [5.74, 6) is 0.621. The highest BCUT2D eigenvalue weighted by molar-refractivity contribution is 5.71. The summed E-state index contributed by atoms with van der Waals surface area (Å²) in [5, 5.41) is 0. The van der Waals surface area contributed by atoms with Gasteiger partial charge in [0.15, 0.2) is 5.76 Å². The number of rotatable bonds is 14. The maximum absolute atomic E-state index is 5.40. The molecule has 3 aliphatic rings. The molecule has 1 fully saturated rings. The lowest BCUT2D eigenvalue weighted by atomic mass is 9.96. The van der Waals surface area contributed by atoms with Crippen LogP contribution in [0.5, 0.6) is 0 Å². The standard InChI is InChI=1S/C10H22NO.C10H19N.C9H22N.C7H12N2O.CH4/c1-3-5-11(6-4-2)7-9-12-10-8-11;1-4-9-6-7-11(3)8-10(9)5-2;1-5-7-9-10(3,4)8-6-2;1-3-4-5-9-6-7(2)10-8-9;/h3-10H2,1-2H3;4-8H2,1-3H3;5-9H2,1-4H3;6H,2-5H2,1H3;1H4/q+1;;+1;;. The zero-order chi connectivity index (χ0) is 32.6. The Bertz CT molecular complexity index is 756. The zero-order valence-electron chi connectivity index (χ0n) is 30.7. The van der Waals surface area contributed by atoms with Gasteiger partial charge in [-0.15, -0.1) is 0 Å². The highest BCUT2D eigenvalue weighted by atomic mass is 16.7. The number of hydrogen-bond donors (Lipinski definition) is 0. The average Bonchev–Trinajstić information content (AvgIpc) is 3.41. The Morgan fingerprint density at radius 2 is 1.45 bits per heavy atom. The van der Waals surface area contributed by atoms with Crippen LogP contribution < -0.4 is 0 Å². The molecule has 0 aromatic rings. The Morgan fingerprint density at radius 1 is 0.864 bits per heavy atom. The van der Waals surface area contributed by atoms with Gasteiger partial charge in [-0.1, -0.05) is 86.5 Å². The maximum Gasteiger partial charge on any atom is 0.202 e. The highest BCUT2D eigenvalue weighted by Crippen LogP contribution is 2.21. The van der Waals surface area contributed by atoms with Crippen LogP contribution in [0.3, 0.4) is 0 Å². The lowest BCUT2D eigenvalue weighted by molar-refractivity contribution is -0.935. The van der Waals surface area contributed by atoms with Gasteiger partial charge in [0.2, 0.25) is 6.21 Å². The summed E-state index contributed by atoms with van der Waals surface area (Å²) in [6, 6.07) is 0. The Balaban J connectivity index is 0. The summed E-state index contributed by atoms with van der Waals surface area (Å²) in [6.45, 7) is 32.5. The first-order valence-corrected chi connectivity index (χ1v) is 17.9. The molecule has 0 aromatic heterocycles. The second kappa shape index (κ2) is 26.8. The molecule has 3 rings (SSSR count). The van der Waals surface area contributed by atoms with Crippen LogP contribution in [0.15, 0.2) is 23.5 Å². The number of ether oxygens (including phenoxy) is 1. The van der Waals surface area contributed by atoms with Gasteiger partial charge in [-0.05, 0) is 52.0 Å². The molecule has 0 radical (unpaired) electrons. The number of unbranched alkanes of at least 4 members (excludes halogenated alkanes) is 2. The minimum Gasteiger partial charge on any atom is -0.501 e. The first-order chi connectivity index (χ1) is 20.5. The lowest BCUT2D eigenvalue weighted by Gasteiger charge is -2.41. The minimum absolute atomic E-state index is 0. The van der Waals surface area contributed by atoms with E-state index in [4.69, 9.17) is 9.57 Å². The van der Waals surface area contributed by atoms with Gasteiger partial charge in [-0.25, -0.2) is 4.68 Å². The Labute approximate surface area is 276 Å². The number of likely N-dealkylation sites (N-methyl/N-ethyl adjacent to an activating group) is 1. The Morgan fingerprint density at radius 3 is 1.91 bits per heavy atom. The van der Waals surface area contributed by atoms with Crippen molar-refractivity contribution in [2.45, 2.75) is 120 Å². The van der Waals surface area contributed by atoms with Gasteiger partial charge in [0.25, 0.3) is 0 Å². The molecule has 0 N–H and O–H groups in total. The van der Waals surface area contributed by atoms with Crippen molar-refractivity contribution in [2.75, 3.05) is 93.3 Å². The van der Waals surface area contributed by atoms with Crippen LogP contribution in [0.25, 0.3) is 5.59 Å². The monoisotopic (exact) mass is 626 g/mol. The van der Waals surface area contributed by atoms with Crippen molar-refractivity contribution in [3.05, 3.63) is 29.1 Å². The van der Waals surface area contributed by atoms with Gasteiger partial charge in [0, 0.05) is 19.5 Å². The number of quaternary nitrogens is 2. The molecule has 3 heterocycles. The second-order valence-electron chi connectivity index (χ2n) is 13.3. The Hall–Kier alpha value is -1.41. The van der Waals surface area contributed by atoms with Gasteiger partial charge in [-0.3, -0.25) is 5.59 Å². The molecule has 3 aliphatic heterocycles. The first kappa shape index (κ1) is 44.7. The van der Waals surface area contributed by atoms with E-state index in [1.165, 1.54) is 119 Å². The van der Waals surface area contributed by atoms with Crippen LogP contribution >= 0.6 is 0 Å². The third-order valence-electron chi connectivity index (χ3n) is 8.67. The summed E-state index contributed by atoms with van der Waals surface area (Å²) in [4.78, 5) is 7.18. The van der Waals surface area contributed by atoms with E-state index in [0.717, 1.165) is 26.2 Å². The van der Waals surface area contributed by atoms with Gasteiger partial charge in [0.1, 0.15) is 19.6 Å². The molecule has 0 bridgehead atoms. The van der Waals surface area contributed by atoms with Gasteiger partial charge in [0.05, 0.1) is 53.5 Å². The molecule has 0 spiro atoms. The number of allylic oxidation sites excluding steroid dienone is 1. The first-order valence-electron chi connectivity index (χ1n) is 17.9. The molecule has 44 heavy (non-hydrogen) atoms. The number of morpholine rings is 1. The molecule has 7 heteroatoms. The molecule has 0 saturated carbocycles. The zero-order valence-corrected chi connectivity index (χ0v) is 30.7. The summed E-state index contributed by atoms with van der Waals surface area (Å²) in [5.41, 5.74) is 7.13. The Kier molecular flexibility index (Phi) is 27.2. The van der Waals surface area contributed by atoms with Crippen molar-refractivity contribution in [1.82, 2.24) is 4.90 Å². The average molecular weight is 626 g/mol. The van der Waals surface area contributed by atoms with E-state index in [2.05, 4.69) is 86.7 Å². The molecule has 0 aromatic carbocycles. The van der Waals surface area contributed by atoms with Crippen LogP contribution in [-0.4, -0.2) is 118 Å². The molecule has 262 valence electrons. The van der Waals surface area contributed by atoms with Gasteiger partial charge in [-0.2, -0.15) is 0 Å². The van der Waals surface area contributed by atoms with E-state index in [1.54, 1.807) is 22.0 Å². The van der Waals surface area contributed by atoms with E-state index in [1.807, 2.05) is 0 Å².